The number of carbonyl (C=O) groups is 1. The molecule has 2 heterocycles. The highest BCUT2D eigenvalue weighted by Crippen LogP contribution is 2.33. The van der Waals surface area contributed by atoms with Crippen LogP contribution >= 0.6 is 11.6 Å². The molecule has 2 aromatic rings. The predicted octanol–water partition coefficient (Wildman–Crippen LogP) is 3.44. The number of hydrogen-bond acceptors (Lipinski definition) is 3. The first-order valence-corrected chi connectivity index (χ1v) is 8.91. The Morgan fingerprint density at radius 1 is 1.12 bits per heavy atom. The van der Waals surface area contributed by atoms with E-state index in [0.29, 0.717) is 5.91 Å². The van der Waals surface area contributed by atoms with Crippen LogP contribution in [0, 0.1) is 12.8 Å². The Labute approximate surface area is 146 Å². The summed E-state index contributed by atoms with van der Waals surface area (Å²) in [5, 5.41) is 0.719. The molecule has 1 aliphatic heterocycles. The normalized spacial score (nSPS) is 17.3. The second kappa shape index (κ2) is 6.17. The molecular formula is C19H20ClN3O. The van der Waals surface area contributed by atoms with Gasteiger partial charge in [-0.05, 0) is 38.3 Å². The molecule has 1 amide bonds. The van der Waals surface area contributed by atoms with Crippen molar-refractivity contribution in [2.75, 3.05) is 13.1 Å². The van der Waals surface area contributed by atoms with Crippen LogP contribution in [-0.2, 0) is 17.6 Å². The number of amides is 1. The van der Waals surface area contributed by atoms with E-state index in [1.807, 2.05) is 36.1 Å². The van der Waals surface area contributed by atoms with Crippen LogP contribution in [0.15, 0.2) is 24.3 Å². The molecule has 0 spiro atoms. The van der Waals surface area contributed by atoms with E-state index in [1.165, 1.54) is 5.56 Å². The van der Waals surface area contributed by atoms with Crippen LogP contribution in [-0.4, -0.2) is 33.9 Å². The van der Waals surface area contributed by atoms with Crippen LogP contribution in [0.3, 0.4) is 0 Å². The highest BCUT2D eigenvalue weighted by Gasteiger charge is 2.34. The highest BCUT2D eigenvalue weighted by molar-refractivity contribution is 6.30. The number of hydrogen-bond donors (Lipinski definition) is 0. The zero-order chi connectivity index (χ0) is 16.7. The average Bonchev–Trinajstić information content (AvgIpc) is 3.41. The summed E-state index contributed by atoms with van der Waals surface area (Å²) in [7, 11) is 0. The number of nitrogens with zero attached hydrogens (tertiary/aromatic N) is 3. The molecule has 2 aliphatic rings. The lowest BCUT2D eigenvalue weighted by molar-refractivity contribution is -0.132. The monoisotopic (exact) mass is 341 g/mol. The van der Waals surface area contributed by atoms with E-state index >= 15 is 0 Å². The van der Waals surface area contributed by atoms with Gasteiger partial charge in [0.25, 0.3) is 0 Å². The minimum atomic E-state index is 0.273. The van der Waals surface area contributed by atoms with Crippen LogP contribution in [0.25, 0.3) is 11.3 Å². The Hall–Kier alpha value is -1.94. The molecule has 4 rings (SSSR count). The smallest absolute Gasteiger partial charge is 0.225 e. The maximum atomic E-state index is 12.4. The van der Waals surface area contributed by atoms with Crippen molar-refractivity contribution in [3.63, 3.8) is 0 Å². The first kappa shape index (κ1) is 15.6. The minimum Gasteiger partial charge on any atom is -0.342 e. The van der Waals surface area contributed by atoms with Crippen molar-refractivity contribution in [2.24, 2.45) is 5.92 Å². The number of benzene rings is 1. The third kappa shape index (κ3) is 3.03. The van der Waals surface area contributed by atoms with E-state index in [0.717, 1.165) is 66.6 Å². The third-order valence-electron chi connectivity index (χ3n) is 4.81. The van der Waals surface area contributed by atoms with E-state index in [9.17, 15) is 4.79 Å². The molecule has 0 atom stereocenters. The summed E-state index contributed by atoms with van der Waals surface area (Å²) in [4.78, 5) is 23.8. The topological polar surface area (TPSA) is 46.1 Å². The second-order valence-corrected chi connectivity index (χ2v) is 7.09. The first-order valence-electron chi connectivity index (χ1n) is 8.53. The van der Waals surface area contributed by atoms with Crippen LogP contribution < -0.4 is 0 Å². The molecule has 0 N–H and O–H groups in total. The molecule has 124 valence electrons. The van der Waals surface area contributed by atoms with Crippen molar-refractivity contribution in [1.82, 2.24) is 14.9 Å². The number of carbonyl (C=O) groups excluding carboxylic acids is 1. The van der Waals surface area contributed by atoms with Crippen LogP contribution in [0.4, 0.5) is 0 Å². The van der Waals surface area contributed by atoms with E-state index in [1.54, 1.807) is 0 Å². The third-order valence-corrected chi connectivity index (χ3v) is 5.06. The summed E-state index contributed by atoms with van der Waals surface area (Å²) >= 11 is 6.01. The molecule has 1 aliphatic carbocycles. The molecule has 0 unspecified atom stereocenters. The summed E-state index contributed by atoms with van der Waals surface area (Å²) in [6, 6.07) is 7.78. The number of fused-ring (bicyclic) bond motifs is 1. The lowest BCUT2D eigenvalue weighted by atomic mass is 10.0. The Kier molecular flexibility index (Phi) is 4.01. The summed E-state index contributed by atoms with van der Waals surface area (Å²) in [5.41, 5.74) is 4.30. The minimum absolute atomic E-state index is 0.273. The van der Waals surface area contributed by atoms with Crippen molar-refractivity contribution >= 4 is 17.5 Å². The molecule has 1 saturated carbocycles. The largest absolute Gasteiger partial charge is 0.342 e. The van der Waals surface area contributed by atoms with E-state index in [-0.39, 0.29) is 5.92 Å². The Balaban J connectivity index is 1.68. The fourth-order valence-corrected chi connectivity index (χ4v) is 3.50. The van der Waals surface area contributed by atoms with Gasteiger partial charge in [0.2, 0.25) is 5.91 Å². The van der Waals surface area contributed by atoms with Gasteiger partial charge in [-0.3, -0.25) is 4.79 Å². The Morgan fingerprint density at radius 3 is 2.54 bits per heavy atom. The highest BCUT2D eigenvalue weighted by atomic mass is 35.5. The van der Waals surface area contributed by atoms with Crippen molar-refractivity contribution < 1.29 is 4.79 Å². The van der Waals surface area contributed by atoms with Gasteiger partial charge in [0, 0.05) is 47.3 Å². The first-order chi connectivity index (χ1) is 11.6. The quantitative estimate of drug-likeness (QED) is 0.840. The van der Waals surface area contributed by atoms with Crippen molar-refractivity contribution in [3.05, 3.63) is 46.4 Å². The molecule has 1 aromatic carbocycles. The van der Waals surface area contributed by atoms with Crippen LogP contribution in [0.2, 0.25) is 5.02 Å². The number of aryl methyl sites for hydroxylation is 1. The van der Waals surface area contributed by atoms with E-state index < -0.39 is 0 Å². The number of aromatic nitrogens is 2. The molecule has 24 heavy (non-hydrogen) atoms. The lowest BCUT2D eigenvalue weighted by Gasteiger charge is -2.19. The lowest BCUT2D eigenvalue weighted by Crippen LogP contribution is -2.34. The van der Waals surface area contributed by atoms with Crippen LogP contribution in [0.5, 0.6) is 0 Å². The molecule has 5 heteroatoms. The number of halogens is 1. The summed E-state index contributed by atoms with van der Waals surface area (Å²) in [5.74, 6) is 1.37. The van der Waals surface area contributed by atoms with Crippen molar-refractivity contribution in [3.8, 4) is 11.3 Å². The van der Waals surface area contributed by atoms with E-state index in [4.69, 9.17) is 11.6 Å². The molecule has 0 bridgehead atoms. The van der Waals surface area contributed by atoms with Gasteiger partial charge in [-0.15, -0.1) is 0 Å². The SMILES string of the molecule is Cc1nc2c(c(-c3ccc(Cl)cc3)n1)CCN(C(=O)C1CC1)CC2. The standard InChI is InChI=1S/C19H20ClN3O/c1-12-21-17-9-11-23(19(24)14-2-3-14)10-8-16(17)18(22-12)13-4-6-15(20)7-5-13/h4-7,14H,2-3,8-11H2,1H3. The summed E-state index contributed by atoms with van der Waals surface area (Å²) in [6.45, 7) is 3.45. The fourth-order valence-electron chi connectivity index (χ4n) is 3.38. The van der Waals surface area contributed by atoms with Gasteiger partial charge in [0.1, 0.15) is 5.82 Å². The Bertz CT molecular complexity index is 784. The zero-order valence-corrected chi connectivity index (χ0v) is 14.5. The van der Waals surface area contributed by atoms with Gasteiger partial charge in [-0.25, -0.2) is 9.97 Å². The van der Waals surface area contributed by atoms with Gasteiger partial charge in [0.15, 0.2) is 0 Å². The maximum absolute atomic E-state index is 12.4. The van der Waals surface area contributed by atoms with Crippen LogP contribution in [0.1, 0.15) is 29.9 Å². The van der Waals surface area contributed by atoms with Gasteiger partial charge >= 0.3 is 0 Å². The Morgan fingerprint density at radius 2 is 1.83 bits per heavy atom. The summed E-state index contributed by atoms with van der Waals surface area (Å²) in [6.07, 6.45) is 3.72. The molecule has 1 aromatic heterocycles. The van der Waals surface area contributed by atoms with Gasteiger partial charge in [-0.2, -0.15) is 0 Å². The van der Waals surface area contributed by atoms with Gasteiger partial charge in [0.05, 0.1) is 5.69 Å². The van der Waals surface area contributed by atoms with E-state index in [2.05, 4.69) is 9.97 Å². The van der Waals surface area contributed by atoms with Gasteiger partial charge in [-0.1, -0.05) is 23.7 Å². The molecule has 4 nitrogen and oxygen atoms in total. The second-order valence-electron chi connectivity index (χ2n) is 6.65. The molecular weight excluding hydrogens is 322 g/mol. The van der Waals surface area contributed by atoms with Gasteiger partial charge < -0.3 is 4.90 Å². The van der Waals surface area contributed by atoms with Crippen molar-refractivity contribution in [2.45, 2.75) is 32.6 Å². The zero-order valence-electron chi connectivity index (χ0n) is 13.8. The predicted molar refractivity (Wildman–Crippen MR) is 93.9 cm³/mol. The van der Waals surface area contributed by atoms with Crippen molar-refractivity contribution in [1.29, 1.82) is 0 Å². The molecule has 0 radical (unpaired) electrons. The average molecular weight is 342 g/mol. The number of rotatable bonds is 2. The fraction of sp³-hybridized carbons (Fsp3) is 0.421. The molecule has 1 fully saturated rings. The molecule has 0 saturated heterocycles. The maximum Gasteiger partial charge on any atom is 0.225 e. The summed E-state index contributed by atoms with van der Waals surface area (Å²) < 4.78 is 0.